The van der Waals surface area contributed by atoms with Crippen LogP contribution in [0.5, 0.6) is 0 Å². The highest BCUT2D eigenvalue weighted by molar-refractivity contribution is 7.19. The summed E-state index contributed by atoms with van der Waals surface area (Å²) in [7, 11) is 0. The van der Waals surface area contributed by atoms with Gasteiger partial charge in [0, 0.05) is 9.58 Å². The Bertz CT molecular complexity index is 469. The summed E-state index contributed by atoms with van der Waals surface area (Å²) in [6.07, 6.45) is 8.14. The predicted octanol–water partition coefficient (Wildman–Crippen LogP) is 6.03. The standard InChI is InChI=1S/C17H24S/c1-4-5-6-7-8-9-16-12-15-10-13(2)14(3)11-17(15)18-16/h10-12H,4-9H2,1-3H3. The van der Waals surface area contributed by atoms with Crippen LogP contribution in [0.1, 0.15) is 55.0 Å². The first kappa shape index (κ1) is 13.6. The van der Waals surface area contributed by atoms with Crippen LogP contribution in [-0.2, 0) is 6.42 Å². The summed E-state index contributed by atoms with van der Waals surface area (Å²) >= 11 is 1.98. The molecule has 0 saturated carbocycles. The number of thiophene rings is 1. The van der Waals surface area contributed by atoms with Crippen LogP contribution in [0.3, 0.4) is 0 Å². The van der Waals surface area contributed by atoms with E-state index in [0.717, 1.165) is 0 Å². The van der Waals surface area contributed by atoms with E-state index in [1.165, 1.54) is 59.7 Å². The van der Waals surface area contributed by atoms with E-state index < -0.39 is 0 Å². The Morgan fingerprint density at radius 2 is 1.61 bits per heavy atom. The van der Waals surface area contributed by atoms with Gasteiger partial charge in [-0.05, 0) is 55.3 Å². The predicted molar refractivity (Wildman–Crippen MR) is 83.8 cm³/mol. The summed E-state index contributed by atoms with van der Waals surface area (Å²) in [6, 6.07) is 7.07. The van der Waals surface area contributed by atoms with Crippen LogP contribution < -0.4 is 0 Å². The number of hydrogen-bond donors (Lipinski definition) is 0. The first-order chi connectivity index (χ1) is 8.70. The number of fused-ring (bicyclic) bond motifs is 1. The smallest absolute Gasteiger partial charge is 0.0348 e. The van der Waals surface area contributed by atoms with Crippen molar-refractivity contribution in [2.45, 2.75) is 59.3 Å². The second-order valence-electron chi connectivity index (χ2n) is 5.35. The van der Waals surface area contributed by atoms with Crippen LogP contribution in [-0.4, -0.2) is 0 Å². The molecule has 0 bridgehead atoms. The lowest BCUT2D eigenvalue weighted by atomic mass is 10.1. The van der Waals surface area contributed by atoms with E-state index in [2.05, 4.69) is 39.0 Å². The van der Waals surface area contributed by atoms with Gasteiger partial charge in [0.1, 0.15) is 0 Å². The van der Waals surface area contributed by atoms with Crippen molar-refractivity contribution < 1.29 is 0 Å². The molecule has 0 fully saturated rings. The van der Waals surface area contributed by atoms with Crippen molar-refractivity contribution in [2.75, 3.05) is 0 Å². The second-order valence-corrected chi connectivity index (χ2v) is 6.52. The Hall–Kier alpha value is -0.820. The highest BCUT2D eigenvalue weighted by Gasteiger charge is 2.04. The molecule has 2 aromatic rings. The first-order valence-electron chi connectivity index (χ1n) is 7.20. The minimum atomic E-state index is 1.27. The van der Waals surface area contributed by atoms with Crippen LogP contribution in [0.15, 0.2) is 18.2 Å². The molecular weight excluding hydrogens is 236 g/mol. The molecule has 2 rings (SSSR count). The topological polar surface area (TPSA) is 0 Å². The molecule has 18 heavy (non-hydrogen) atoms. The molecule has 0 unspecified atom stereocenters. The van der Waals surface area contributed by atoms with Gasteiger partial charge in [-0.15, -0.1) is 11.3 Å². The molecule has 0 N–H and O–H groups in total. The van der Waals surface area contributed by atoms with E-state index in [0.29, 0.717) is 0 Å². The molecule has 0 atom stereocenters. The van der Waals surface area contributed by atoms with Crippen molar-refractivity contribution in [3.05, 3.63) is 34.2 Å². The molecule has 1 heteroatoms. The number of hydrogen-bond acceptors (Lipinski definition) is 1. The van der Waals surface area contributed by atoms with Crippen LogP contribution in [0.4, 0.5) is 0 Å². The third-order valence-corrected chi connectivity index (χ3v) is 4.87. The first-order valence-corrected chi connectivity index (χ1v) is 8.02. The number of unbranched alkanes of at least 4 members (excludes halogenated alkanes) is 4. The van der Waals surface area contributed by atoms with E-state index in [9.17, 15) is 0 Å². The van der Waals surface area contributed by atoms with Crippen LogP contribution in [0, 0.1) is 13.8 Å². The average molecular weight is 260 g/mol. The Balaban J connectivity index is 1.97. The molecule has 1 aromatic heterocycles. The zero-order valence-electron chi connectivity index (χ0n) is 11.9. The summed E-state index contributed by atoms with van der Waals surface area (Å²) in [6.45, 7) is 6.69. The average Bonchev–Trinajstić information content (AvgIpc) is 2.71. The fourth-order valence-electron chi connectivity index (χ4n) is 2.38. The van der Waals surface area contributed by atoms with Crippen molar-refractivity contribution >= 4 is 21.4 Å². The lowest BCUT2D eigenvalue weighted by Crippen LogP contribution is -1.81. The van der Waals surface area contributed by atoms with Gasteiger partial charge in [0.15, 0.2) is 0 Å². The van der Waals surface area contributed by atoms with E-state index in [-0.39, 0.29) is 0 Å². The lowest BCUT2D eigenvalue weighted by Gasteiger charge is -1.98. The van der Waals surface area contributed by atoms with Crippen LogP contribution in [0.25, 0.3) is 10.1 Å². The highest BCUT2D eigenvalue weighted by atomic mass is 32.1. The third kappa shape index (κ3) is 3.35. The van der Waals surface area contributed by atoms with E-state index in [1.807, 2.05) is 11.3 Å². The number of aryl methyl sites for hydroxylation is 3. The summed E-state index contributed by atoms with van der Waals surface area (Å²) in [4.78, 5) is 1.56. The van der Waals surface area contributed by atoms with Gasteiger partial charge in [0.05, 0.1) is 0 Å². The summed E-state index contributed by atoms with van der Waals surface area (Å²) in [5.74, 6) is 0. The molecule has 0 aliphatic rings. The molecule has 0 amide bonds. The molecule has 1 aromatic carbocycles. The van der Waals surface area contributed by atoms with Crippen LogP contribution in [0.2, 0.25) is 0 Å². The zero-order valence-corrected chi connectivity index (χ0v) is 12.7. The normalized spacial score (nSPS) is 11.3. The van der Waals surface area contributed by atoms with Crippen LogP contribution >= 0.6 is 11.3 Å². The Morgan fingerprint density at radius 1 is 0.889 bits per heavy atom. The Labute approximate surface area is 115 Å². The Morgan fingerprint density at radius 3 is 2.39 bits per heavy atom. The molecule has 0 saturated heterocycles. The number of rotatable bonds is 6. The van der Waals surface area contributed by atoms with E-state index in [4.69, 9.17) is 0 Å². The second kappa shape index (κ2) is 6.38. The van der Waals surface area contributed by atoms with Gasteiger partial charge in [0.2, 0.25) is 0 Å². The molecular formula is C17H24S. The third-order valence-electron chi connectivity index (χ3n) is 3.71. The molecule has 0 nitrogen and oxygen atoms in total. The van der Waals surface area contributed by atoms with Gasteiger partial charge in [-0.1, -0.05) is 38.7 Å². The fourth-order valence-corrected chi connectivity index (χ4v) is 3.57. The fraction of sp³-hybridized carbons (Fsp3) is 0.529. The monoisotopic (exact) mass is 260 g/mol. The van der Waals surface area contributed by atoms with Gasteiger partial charge in [-0.25, -0.2) is 0 Å². The van der Waals surface area contributed by atoms with E-state index in [1.54, 1.807) is 4.88 Å². The lowest BCUT2D eigenvalue weighted by molar-refractivity contribution is 0.634. The van der Waals surface area contributed by atoms with E-state index >= 15 is 0 Å². The largest absolute Gasteiger partial charge is 0.140 e. The highest BCUT2D eigenvalue weighted by Crippen LogP contribution is 2.29. The Kier molecular flexibility index (Phi) is 4.82. The van der Waals surface area contributed by atoms with Crippen molar-refractivity contribution in [2.24, 2.45) is 0 Å². The van der Waals surface area contributed by atoms with Gasteiger partial charge >= 0.3 is 0 Å². The van der Waals surface area contributed by atoms with Gasteiger partial charge < -0.3 is 0 Å². The molecule has 1 heterocycles. The maximum absolute atomic E-state index is 2.40. The van der Waals surface area contributed by atoms with Gasteiger partial charge in [0.25, 0.3) is 0 Å². The van der Waals surface area contributed by atoms with Crippen molar-refractivity contribution in [3.63, 3.8) is 0 Å². The minimum absolute atomic E-state index is 1.27. The van der Waals surface area contributed by atoms with Gasteiger partial charge in [-0.2, -0.15) is 0 Å². The SMILES string of the molecule is CCCCCCCc1cc2cc(C)c(C)cc2s1. The number of benzene rings is 1. The summed E-state index contributed by atoms with van der Waals surface area (Å²) < 4.78 is 1.46. The summed E-state index contributed by atoms with van der Waals surface area (Å²) in [5.41, 5.74) is 2.83. The molecule has 0 radical (unpaired) electrons. The van der Waals surface area contributed by atoms with Crippen molar-refractivity contribution in [1.82, 2.24) is 0 Å². The van der Waals surface area contributed by atoms with Crippen molar-refractivity contribution in [3.8, 4) is 0 Å². The maximum Gasteiger partial charge on any atom is 0.0348 e. The van der Waals surface area contributed by atoms with Gasteiger partial charge in [-0.3, -0.25) is 0 Å². The quantitative estimate of drug-likeness (QED) is 0.556. The van der Waals surface area contributed by atoms with Crippen molar-refractivity contribution in [1.29, 1.82) is 0 Å². The molecule has 0 spiro atoms. The maximum atomic E-state index is 2.40. The molecule has 98 valence electrons. The molecule has 0 aliphatic heterocycles. The molecule has 0 aliphatic carbocycles. The minimum Gasteiger partial charge on any atom is -0.140 e. The summed E-state index contributed by atoms with van der Waals surface area (Å²) in [5, 5.41) is 1.44. The zero-order chi connectivity index (χ0) is 13.0.